The summed E-state index contributed by atoms with van der Waals surface area (Å²) in [5.74, 6) is 0.253. The van der Waals surface area contributed by atoms with Gasteiger partial charge in [0, 0.05) is 0 Å². The summed E-state index contributed by atoms with van der Waals surface area (Å²) in [6, 6.07) is 15.4. The van der Waals surface area contributed by atoms with Gasteiger partial charge in [-0.1, -0.05) is 30.3 Å². The summed E-state index contributed by atoms with van der Waals surface area (Å²) >= 11 is 0. The van der Waals surface area contributed by atoms with Crippen molar-refractivity contribution in [1.29, 1.82) is 0 Å². The number of nitrogens with zero attached hydrogens (tertiary/aromatic N) is 1. The molecule has 6 heteroatoms. The lowest BCUT2D eigenvalue weighted by Crippen LogP contribution is -2.11. The van der Waals surface area contributed by atoms with Crippen LogP contribution in [0, 0.1) is 0 Å². The Balaban J connectivity index is 2.00. The van der Waals surface area contributed by atoms with Gasteiger partial charge in [-0.3, -0.25) is 0 Å². The van der Waals surface area contributed by atoms with Crippen molar-refractivity contribution in [2.75, 3.05) is 0 Å². The van der Waals surface area contributed by atoms with Gasteiger partial charge >= 0.3 is 10.1 Å². The highest BCUT2D eigenvalue weighted by Crippen LogP contribution is 2.18. The lowest BCUT2D eigenvalue weighted by molar-refractivity contribution is 0.479. The van der Waals surface area contributed by atoms with Crippen molar-refractivity contribution in [1.82, 2.24) is 9.97 Å². The topological polar surface area (TPSA) is 72.1 Å². The molecule has 0 amide bonds. The highest BCUT2D eigenvalue weighted by atomic mass is 32.2. The predicted molar refractivity (Wildman–Crippen MR) is 70.3 cm³/mol. The summed E-state index contributed by atoms with van der Waals surface area (Å²) in [5.41, 5.74) is 1.23. The molecule has 0 aliphatic heterocycles. The minimum Gasteiger partial charge on any atom is -0.377 e. The second kappa shape index (κ2) is 4.40. The monoisotopic (exact) mass is 274 g/mol. The third-order valence-corrected chi connectivity index (χ3v) is 3.63. The van der Waals surface area contributed by atoms with Crippen molar-refractivity contribution in [3.05, 3.63) is 54.6 Å². The van der Waals surface area contributed by atoms with Crippen molar-refractivity contribution in [3.8, 4) is 5.75 Å². The molecule has 96 valence electrons. The Morgan fingerprint density at radius 3 is 2.37 bits per heavy atom. The zero-order valence-electron chi connectivity index (χ0n) is 9.78. The number of hydrogen-bond donors (Lipinski definition) is 1. The van der Waals surface area contributed by atoms with E-state index in [1.165, 1.54) is 0 Å². The molecule has 0 spiro atoms. The van der Waals surface area contributed by atoms with Gasteiger partial charge in [0.15, 0.2) is 0 Å². The number of hydrogen-bond acceptors (Lipinski definition) is 4. The molecule has 0 saturated heterocycles. The van der Waals surface area contributed by atoms with E-state index < -0.39 is 10.1 Å². The SMILES string of the molecule is O=S(=O)(Oc1ccccc1)c1nc2ccccc2[nH]1. The van der Waals surface area contributed by atoms with Crippen LogP contribution in [0.25, 0.3) is 11.0 Å². The zero-order valence-corrected chi connectivity index (χ0v) is 10.6. The second-order valence-corrected chi connectivity index (χ2v) is 5.37. The van der Waals surface area contributed by atoms with Gasteiger partial charge < -0.3 is 9.17 Å². The summed E-state index contributed by atoms with van der Waals surface area (Å²) in [5, 5.41) is -0.197. The predicted octanol–water partition coefficient (Wildman–Crippen LogP) is 2.33. The molecule has 19 heavy (non-hydrogen) atoms. The van der Waals surface area contributed by atoms with Gasteiger partial charge in [-0.2, -0.15) is 8.42 Å². The number of aromatic amines is 1. The first kappa shape index (κ1) is 11.7. The van der Waals surface area contributed by atoms with Crippen LogP contribution < -0.4 is 4.18 Å². The first-order valence-corrected chi connectivity index (χ1v) is 7.00. The van der Waals surface area contributed by atoms with Crippen LogP contribution in [0.1, 0.15) is 0 Å². The van der Waals surface area contributed by atoms with E-state index in [0.717, 1.165) is 0 Å². The average molecular weight is 274 g/mol. The molecule has 0 aliphatic carbocycles. The number of nitrogens with one attached hydrogen (secondary N) is 1. The summed E-state index contributed by atoms with van der Waals surface area (Å²) < 4.78 is 29.1. The fourth-order valence-electron chi connectivity index (χ4n) is 1.69. The van der Waals surface area contributed by atoms with Crippen molar-refractivity contribution in [2.45, 2.75) is 5.16 Å². The molecule has 0 radical (unpaired) electrons. The Morgan fingerprint density at radius 1 is 0.947 bits per heavy atom. The maximum Gasteiger partial charge on any atom is 0.373 e. The molecule has 1 aromatic heterocycles. The largest absolute Gasteiger partial charge is 0.377 e. The van der Waals surface area contributed by atoms with Crippen molar-refractivity contribution >= 4 is 21.2 Å². The summed E-state index contributed by atoms with van der Waals surface area (Å²) in [6.07, 6.45) is 0. The van der Waals surface area contributed by atoms with Crippen LogP contribution in [-0.2, 0) is 10.1 Å². The standard InChI is InChI=1S/C13H10N2O3S/c16-19(17,18-10-6-2-1-3-7-10)13-14-11-8-4-5-9-12(11)15-13/h1-9H,(H,14,15). The molecule has 0 aliphatic rings. The van der Waals surface area contributed by atoms with E-state index in [2.05, 4.69) is 9.97 Å². The fourth-order valence-corrected chi connectivity index (χ4v) is 2.58. The molecular formula is C13H10N2O3S. The maximum atomic E-state index is 12.1. The van der Waals surface area contributed by atoms with Crippen LogP contribution >= 0.6 is 0 Å². The van der Waals surface area contributed by atoms with Gasteiger partial charge in [0.2, 0.25) is 0 Å². The van der Waals surface area contributed by atoms with Crippen molar-refractivity contribution < 1.29 is 12.6 Å². The molecule has 3 aromatic rings. The van der Waals surface area contributed by atoms with E-state index in [4.69, 9.17) is 4.18 Å². The Labute approximate surface area is 110 Å². The van der Waals surface area contributed by atoms with E-state index in [0.29, 0.717) is 11.0 Å². The number of benzene rings is 2. The third kappa shape index (κ3) is 2.30. The molecule has 0 atom stereocenters. The molecule has 0 fully saturated rings. The summed E-state index contributed by atoms with van der Waals surface area (Å²) in [4.78, 5) is 6.74. The average Bonchev–Trinajstić information content (AvgIpc) is 2.84. The number of rotatable bonds is 3. The van der Waals surface area contributed by atoms with Gasteiger partial charge in [-0.15, -0.1) is 0 Å². The maximum absolute atomic E-state index is 12.1. The number of para-hydroxylation sites is 3. The lowest BCUT2D eigenvalue weighted by Gasteiger charge is -2.03. The highest BCUT2D eigenvalue weighted by Gasteiger charge is 2.21. The first-order chi connectivity index (χ1) is 9.15. The number of aromatic nitrogens is 2. The summed E-state index contributed by atoms with van der Waals surface area (Å²) in [6.45, 7) is 0. The Morgan fingerprint density at radius 2 is 1.63 bits per heavy atom. The lowest BCUT2D eigenvalue weighted by atomic mass is 10.3. The highest BCUT2D eigenvalue weighted by molar-refractivity contribution is 7.86. The zero-order chi connectivity index (χ0) is 13.3. The number of H-pyrrole nitrogens is 1. The van der Waals surface area contributed by atoms with Crippen molar-refractivity contribution in [3.63, 3.8) is 0 Å². The summed E-state index contributed by atoms with van der Waals surface area (Å²) in [7, 11) is -3.94. The molecule has 0 unspecified atom stereocenters. The van der Waals surface area contributed by atoms with Crippen molar-refractivity contribution in [2.24, 2.45) is 0 Å². The van der Waals surface area contributed by atoms with Crippen LogP contribution in [0.5, 0.6) is 5.75 Å². The van der Waals surface area contributed by atoms with Crippen LogP contribution in [0.15, 0.2) is 59.8 Å². The molecule has 3 rings (SSSR count). The van der Waals surface area contributed by atoms with E-state index in [1.54, 1.807) is 54.6 Å². The Bertz CT molecular complexity index is 777. The fraction of sp³-hybridized carbons (Fsp3) is 0. The van der Waals surface area contributed by atoms with E-state index in [9.17, 15) is 8.42 Å². The van der Waals surface area contributed by atoms with Crippen LogP contribution in [0.4, 0.5) is 0 Å². The minimum atomic E-state index is -3.94. The van der Waals surface area contributed by atoms with E-state index in [1.807, 2.05) is 0 Å². The third-order valence-electron chi connectivity index (χ3n) is 2.55. The number of fused-ring (bicyclic) bond motifs is 1. The van der Waals surface area contributed by atoms with E-state index in [-0.39, 0.29) is 10.9 Å². The molecule has 0 saturated carbocycles. The molecule has 1 heterocycles. The second-order valence-electron chi connectivity index (χ2n) is 3.91. The quantitative estimate of drug-likeness (QED) is 0.744. The van der Waals surface area contributed by atoms with Gasteiger partial charge in [-0.05, 0) is 24.3 Å². The molecule has 2 aromatic carbocycles. The van der Waals surface area contributed by atoms with Crippen LogP contribution in [0.2, 0.25) is 0 Å². The van der Waals surface area contributed by atoms with Gasteiger partial charge in [0.25, 0.3) is 5.16 Å². The Kier molecular flexibility index (Phi) is 2.72. The van der Waals surface area contributed by atoms with Gasteiger partial charge in [-0.25, -0.2) is 4.98 Å². The van der Waals surface area contributed by atoms with E-state index >= 15 is 0 Å². The molecule has 1 N–H and O–H groups in total. The van der Waals surface area contributed by atoms with Gasteiger partial charge in [0.05, 0.1) is 11.0 Å². The minimum absolute atomic E-state index is 0.197. The van der Waals surface area contributed by atoms with Crippen LogP contribution in [0.3, 0.4) is 0 Å². The number of imidazole rings is 1. The van der Waals surface area contributed by atoms with Crippen LogP contribution in [-0.4, -0.2) is 18.4 Å². The first-order valence-electron chi connectivity index (χ1n) is 5.59. The van der Waals surface area contributed by atoms with Gasteiger partial charge in [0.1, 0.15) is 5.75 Å². The smallest absolute Gasteiger partial charge is 0.373 e. The molecular weight excluding hydrogens is 264 g/mol. The molecule has 0 bridgehead atoms. The molecule has 5 nitrogen and oxygen atoms in total. The Hall–Kier alpha value is -2.34. The normalized spacial score (nSPS) is 11.6.